The van der Waals surface area contributed by atoms with E-state index in [1.165, 1.54) is 20.3 Å². The zero-order valence-electron chi connectivity index (χ0n) is 8.71. The Kier molecular flexibility index (Phi) is 4.06. The van der Waals surface area contributed by atoms with Gasteiger partial charge in [-0.1, -0.05) is 0 Å². The molecule has 1 aliphatic heterocycles. The van der Waals surface area contributed by atoms with Crippen molar-refractivity contribution < 1.29 is 29.5 Å². The molecule has 1 rings (SSSR count). The van der Waals surface area contributed by atoms with Crippen molar-refractivity contribution in [1.82, 2.24) is 0 Å². The topological polar surface area (TPSA) is 88.4 Å². The Bertz CT molecular complexity index is 235. The van der Waals surface area contributed by atoms with Crippen LogP contribution < -0.4 is 0 Å². The zero-order valence-corrected chi connectivity index (χ0v) is 8.71. The highest BCUT2D eigenvalue weighted by Crippen LogP contribution is 2.28. The Morgan fingerprint density at radius 3 is 2.53 bits per heavy atom. The fraction of sp³-hybridized carbons (Fsp3) is 0.778. The normalized spacial score (nSPS) is 36.4. The van der Waals surface area contributed by atoms with Gasteiger partial charge in [0, 0.05) is 20.3 Å². The number of aliphatic hydroxyl groups is 3. The molecule has 1 aliphatic rings. The number of ether oxygens (including phenoxy) is 3. The summed E-state index contributed by atoms with van der Waals surface area (Å²) in [7, 11) is 2.72. The second kappa shape index (κ2) is 4.91. The summed E-state index contributed by atoms with van der Waals surface area (Å²) in [6.45, 7) is -0.804. The van der Waals surface area contributed by atoms with Gasteiger partial charge in [-0.15, -0.1) is 0 Å². The van der Waals surface area contributed by atoms with Crippen LogP contribution in [0.15, 0.2) is 11.8 Å². The monoisotopic (exact) mass is 220 g/mol. The molecule has 0 aliphatic carbocycles. The minimum Gasteiger partial charge on any atom is -0.510 e. The van der Waals surface area contributed by atoms with Crippen molar-refractivity contribution in [3.05, 3.63) is 11.8 Å². The Labute approximate surface area is 87.7 Å². The summed E-state index contributed by atoms with van der Waals surface area (Å²) >= 11 is 0. The molecule has 0 aromatic carbocycles. The molecule has 3 N–H and O–H groups in total. The molecule has 6 nitrogen and oxygen atoms in total. The smallest absolute Gasteiger partial charge is 0.215 e. The lowest BCUT2D eigenvalue weighted by Crippen LogP contribution is -2.51. The molecule has 0 fully saturated rings. The summed E-state index contributed by atoms with van der Waals surface area (Å²) in [6, 6.07) is 0. The van der Waals surface area contributed by atoms with Gasteiger partial charge in [-0.25, -0.2) is 0 Å². The van der Waals surface area contributed by atoms with Gasteiger partial charge in [0.05, 0.1) is 6.61 Å². The first-order valence-electron chi connectivity index (χ1n) is 4.51. The van der Waals surface area contributed by atoms with E-state index in [9.17, 15) is 5.11 Å². The molecule has 88 valence electrons. The number of methoxy groups -OCH3 is 2. The van der Waals surface area contributed by atoms with E-state index in [4.69, 9.17) is 24.4 Å². The van der Waals surface area contributed by atoms with E-state index < -0.39 is 24.6 Å². The summed E-state index contributed by atoms with van der Waals surface area (Å²) < 4.78 is 15.2. The lowest BCUT2D eigenvalue weighted by atomic mass is 10.1. The molecule has 1 heterocycles. The summed E-state index contributed by atoms with van der Waals surface area (Å²) in [5.41, 5.74) is 0. The molecule has 0 radical (unpaired) electrons. The van der Waals surface area contributed by atoms with E-state index in [1.807, 2.05) is 0 Å². The fourth-order valence-corrected chi connectivity index (χ4v) is 1.51. The number of rotatable bonds is 4. The van der Waals surface area contributed by atoms with E-state index in [2.05, 4.69) is 0 Å². The molecule has 0 spiro atoms. The van der Waals surface area contributed by atoms with E-state index in [1.54, 1.807) is 0 Å². The van der Waals surface area contributed by atoms with Crippen LogP contribution in [0.25, 0.3) is 0 Å². The van der Waals surface area contributed by atoms with E-state index in [-0.39, 0.29) is 12.4 Å². The highest BCUT2D eigenvalue weighted by molar-refractivity contribution is 5.13. The summed E-state index contributed by atoms with van der Waals surface area (Å²) in [5.74, 6) is -1.54. The minimum atomic E-state index is -1.41. The summed E-state index contributed by atoms with van der Waals surface area (Å²) in [4.78, 5) is 0. The van der Waals surface area contributed by atoms with Gasteiger partial charge in [0.2, 0.25) is 5.79 Å². The van der Waals surface area contributed by atoms with Crippen LogP contribution in [-0.2, 0) is 14.2 Å². The predicted molar refractivity (Wildman–Crippen MR) is 50.3 cm³/mol. The van der Waals surface area contributed by atoms with Crippen molar-refractivity contribution in [2.45, 2.75) is 18.0 Å². The lowest BCUT2D eigenvalue weighted by Gasteiger charge is -2.38. The first kappa shape index (κ1) is 12.4. The van der Waals surface area contributed by atoms with Crippen molar-refractivity contribution in [2.75, 3.05) is 27.4 Å². The molecule has 15 heavy (non-hydrogen) atoms. The Morgan fingerprint density at radius 2 is 2.13 bits per heavy atom. The van der Waals surface area contributed by atoms with Crippen molar-refractivity contribution >= 4 is 0 Å². The van der Waals surface area contributed by atoms with Crippen molar-refractivity contribution in [3.8, 4) is 0 Å². The van der Waals surface area contributed by atoms with Gasteiger partial charge in [0.15, 0.2) is 0 Å². The second-order valence-corrected chi connectivity index (χ2v) is 3.24. The third-order valence-corrected chi connectivity index (χ3v) is 2.35. The zero-order chi connectivity index (χ0) is 11.5. The van der Waals surface area contributed by atoms with Crippen molar-refractivity contribution in [2.24, 2.45) is 0 Å². The molecular weight excluding hydrogens is 204 g/mol. The molecule has 0 aromatic rings. The summed E-state index contributed by atoms with van der Waals surface area (Å²) in [6.07, 6.45) is -0.287. The standard InChI is InChI=1S/C9H16O6/c1-13-8-6(12)3-9(5-11,14-2)15-7(8)4-10/h3,7-8,10-12H,4-5H2,1-2H3/t7?,8-,9-/m1/s1. The van der Waals surface area contributed by atoms with Gasteiger partial charge in [-0.3, -0.25) is 0 Å². The molecule has 3 atom stereocenters. The van der Waals surface area contributed by atoms with Crippen LogP contribution in [0.3, 0.4) is 0 Å². The van der Waals surface area contributed by atoms with Crippen LogP contribution in [0.2, 0.25) is 0 Å². The molecule has 0 saturated carbocycles. The van der Waals surface area contributed by atoms with Crippen LogP contribution in [0, 0.1) is 0 Å². The first-order valence-corrected chi connectivity index (χ1v) is 4.51. The van der Waals surface area contributed by atoms with Crippen LogP contribution in [0.4, 0.5) is 0 Å². The Morgan fingerprint density at radius 1 is 1.47 bits per heavy atom. The SMILES string of the molecule is CO[C@@H]1C(O)=C[C@@](CO)(OC)OC1CO. The van der Waals surface area contributed by atoms with Gasteiger partial charge in [-0.2, -0.15) is 0 Å². The lowest BCUT2D eigenvalue weighted by molar-refractivity contribution is -0.265. The molecule has 0 amide bonds. The molecule has 0 saturated heterocycles. The third-order valence-electron chi connectivity index (χ3n) is 2.35. The minimum absolute atomic E-state index is 0.126. The number of hydrogen-bond acceptors (Lipinski definition) is 6. The van der Waals surface area contributed by atoms with Crippen LogP contribution >= 0.6 is 0 Å². The second-order valence-electron chi connectivity index (χ2n) is 3.24. The van der Waals surface area contributed by atoms with E-state index in [0.717, 1.165) is 0 Å². The van der Waals surface area contributed by atoms with Gasteiger partial charge >= 0.3 is 0 Å². The maximum Gasteiger partial charge on any atom is 0.215 e. The van der Waals surface area contributed by atoms with E-state index >= 15 is 0 Å². The van der Waals surface area contributed by atoms with Crippen LogP contribution in [0.1, 0.15) is 0 Å². The highest BCUT2D eigenvalue weighted by atomic mass is 16.7. The van der Waals surface area contributed by atoms with Gasteiger partial charge in [0.25, 0.3) is 0 Å². The van der Waals surface area contributed by atoms with Crippen LogP contribution in [0.5, 0.6) is 0 Å². The Balaban J connectivity index is 2.96. The molecular formula is C9H16O6. The number of aliphatic hydroxyl groups excluding tert-OH is 3. The van der Waals surface area contributed by atoms with Gasteiger partial charge < -0.3 is 29.5 Å². The van der Waals surface area contributed by atoms with Crippen molar-refractivity contribution in [1.29, 1.82) is 0 Å². The van der Waals surface area contributed by atoms with E-state index in [0.29, 0.717) is 0 Å². The number of hydrogen-bond donors (Lipinski definition) is 3. The fourth-order valence-electron chi connectivity index (χ4n) is 1.51. The maximum absolute atomic E-state index is 9.62. The first-order chi connectivity index (χ1) is 7.12. The molecule has 6 heteroatoms. The van der Waals surface area contributed by atoms with Gasteiger partial charge in [-0.05, 0) is 0 Å². The molecule has 0 aromatic heterocycles. The quantitative estimate of drug-likeness (QED) is 0.573. The van der Waals surface area contributed by atoms with Crippen LogP contribution in [-0.4, -0.2) is 60.7 Å². The summed E-state index contributed by atoms with van der Waals surface area (Å²) in [5, 5.41) is 27.8. The van der Waals surface area contributed by atoms with Crippen molar-refractivity contribution in [3.63, 3.8) is 0 Å². The Hall–Kier alpha value is -0.660. The third kappa shape index (κ3) is 2.30. The maximum atomic E-state index is 9.62. The average Bonchev–Trinajstić information content (AvgIpc) is 2.27. The largest absolute Gasteiger partial charge is 0.510 e. The molecule has 0 bridgehead atoms. The van der Waals surface area contributed by atoms with Gasteiger partial charge in [0.1, 0.15) is 24.6 Å². The average molecular weight is 220 g/mol. The molecule has 1 unspecified atom stereocenters. The predicted octanol–water partition coefficient (Wildman–Crippen LogP) is -0.831. The highest BCUT2D eigenvalue weighted by Gasteiger charge is 2.42.